The zero-order valence-electron chi connectivity index (χ0n) is 19.6. The van der Waals surface area contributed by atoms with Crippen LogP contribution in [0.1, 0.15) is 28.8 Å². The van der Waals surface area contributed by atoms with Crippen molar-refractivity contribution in [3.8, 4) is 11.5 Å². The molecule has 0 aliphatic rings. The lowest BCUT2D eigenvalue weighted by Crippen LogP contribution is -2.44. The largest absolute Gasteiger partial charge is 0.494 e. The zero-order valence-corrected chi connectivity index (χ0v) is 19.6. The summed E-state index contributed by atoms with van der Waals surface area (Å²) in [5.74, 6) is -2.18. The fourth-order valence-corrected chi connectivity index (χ4v) is 3.28. The summed E-state index contributed by atoms with van der Waals surface area (Å²) in [4.78, 5) is 34.7. The Balaban J connectivity index is 1.45. The second-order valence-electron chi connectivity index (χ2n) is 7.90. The van der Waals surface area contributed by atoms with E-state index >= 15 is 0 Å². The van der Waals surface area contributed by atoms with E-state index in [2.05, 4.69) is 22.8 Å². The number of hydrogen-bond donors (Lipinski definition) is 4. The van der Waals surface area contributed by atoms with Gasteiger partial charge in [0, 0.05) is 11.3 Å². The molecule has 0 aliphatic carbocycles. The van der Waals surface area contributed by atoms with E-state index < -0.39 is 24.1 Å². The molecular weight excluding hydrogens is 464 g/mol. The molecule has 1 atom stereocenters. The number of nitrogens with one attached hydrogen (secondary N) is 2. The molecular formula is C27H28N2O7. The van der Waals surface area contributed by atoms with Crippen molar-refractivity contribution in [2.75, 3.05) is 18.5 Å². The number of carboxylic acids is 2. The smallest absolute Gasteiger partial charge is 0.366 e. The lowest BCUT2D eigenvalue weighted by atomic mass is 10.1. The third-order valence-electron chi connectivity index (χ3n) is 5.13. The maximum atomic E-state index is 12.5. The Morgan fingerprint density at radius 1 is 0.806 bits per heavy atom. The summed E-state index contributed by atoms with van der Waals surface area (Å²) in [5.41, 5.74) is 2.08. The van der Waals surface area contributed by atoms with E-state index in [4.69, 9.17) is 14.6 Å². The Kier molecular flexibility index (Phi) is 9.69. The van der Waals surface area contributed by atoms with Crippen LogP contribution in [0.25, 0.3) is 0 Å². The van der Waals surface area contributed by atoms with Crippen LogP contribution in [0.4, 0.5) is 5.69 Å². The number of amides is 1. The van der Waals surface area contributed by atoms with E-state index in [-0.39, 0.29) is 17.9 Å². The highest BCUT2D eigenvalue weighted by molar-refractivity contribution is 5.96. The van der Waals surface area contributed by atoms with Gasteiger partial charge in [0.1, 0.15) is 18.0 Å². The molecule has 3 aromatic carbocycles. The number of anilines is 1. The van der Waals surface area contributed by atoms with E-state index in [0.29, 0.717) is 18.0 Å². The minimum absolute atomic E-state index is 0.194. The minimum Gasteiger partial charge on any atom is -0.494 e. The van der Waals surface area contributed by atoms with Gasteiger partial charge in [-0.15, -0.1) is 0 Å². The number of carboxylic acid groups (broad SMARTS) is 2. The second kappa shape index (κ2) is 13.4. The molecule has 36 heavy (non-hydrogen) atoms. The molecule has 0 aromatic heterocycles. The fraction of sp³-hybridized carbons (Fsp3) is 0.222. The van der Waals surface area contributed by atoms with E-state index in [0.717, 1.165) is 19.3 Å². The van der Waals surface area contributed by atoms with Gasteiger partial charge in [-0.2, -0.15) is 0 Å². The number of aliphatic carboxylic acids is 2. The monoisotopic (exact) mass is 492 g/mol. The topological polar surface area (TPSA) is 134 Å². The summed E-state index contributed by atoms with van der Waals surface area (Å²) in [7, 11) is 0. The summed E-state index contributed by atoms with van der Waals surface area (Å²) in [6.45, 7) is 0.296. The van der Waals surface area contributed by atoms with Crippen LogP contribution in [-0.2, 0) is 16.0 Å². The number of aryl methyl sites for hydroxylation is 1. The molecule has 9 nitrogen and oxygen atoms in total. The van der Waals surface area contributed by atoms with Crippen LogP contribution >= 0.6 is 0 Å². The fourth-order valence-electron chi connectivity index (χ4n) is 3.28. The molecule has 0 radical (unpaired) electrons. The molecule has 188 valence electrons. The molecule has 4 N–H and O–H groups in total. The van der Waals surface area contributed by atoms with Gasteiger partial charge in [0.25, 0.3) is 12.1 Å². The van der Waals surface area contributed by atoms with Gasteiger partial charge in [-0.1, -0.05) is 30.3 Å². The number of rotatable bonds is 14. The number of ether oxygens (including phenoxy) is 2. The quantitative estimate of drug-likeness (QED) is 0.197. The Labute approximate surface area is 208 Å². The first-order valence-electron chi connectivity index (χ1n) is 11.4. The van der Waals surface area contributed by atoms with Crippen LogP contribution in [0.15, 0.2) is 78.9 Å². The van der Waals surface area contributed by atoms with E-state index in [1.807, 2.05) is 18.2 Å². The molecule has 0 fully saturated rings. The second-order valence-corrected chi connectivity index (χ2v) is 7.90. The average Bonchev–Trinajstić information content (AvgIpc) is 2.88. The summed E-state index contributed by atoms with van der Waals surface area (Å²) >= 11 is 0. The highest BCUT2D eigenvalue weighted by Gasteiger charge is 2.22. The predicted octanol–water partition coefficient (Wildman–Crippen LogP) is 3.80. The molecule has 0 aliphatic heterocycles. The summed E-state index contributed by atoms with van der Waals surface area (Å²) in [5, 5.41) is 23.2. The van der Waals surface area contributed by atoms with Crippen LogP contribution in [-0.4, -0.2) is 47.4 Å². The Hall–Kier alpha value is -4.53. The van der Waals surface area contributed by atoms with Crippen molar-refractivity contribution in [2.45, 2.75) is 25.5 Å². The third-order valence-corrected chi connectivity index (χ3v) is 5.13. The van der Waals surface area contributed by atoms with Crippen LogP contribution in [0.3, 0.4) is 0 Å². The molecule has 1 unspecified atom stereocenters. The summed E-state index contributed by atoms with van der Waals surface area (Å²) in [6, 6.07) is 22.7. The Bertz CT molecular complexity index is 1130. The molecule has 0 heterocycles. The van der Waals surface area contributed by atoms with Crippen LogP contribution in [0.5, 0.6) is 11.5 Å². The molecule has 0 saturated carbocycles. The Morgan fingerprint density at radius 2 is 1.47 bits per heavy atom. The molecule has 0 bridgehead atoms. The van der Waals surface area contributed by atoms with Crippen molar-refractivity contribution >= 4 is 23.5 Å². The maximum absolute atomic E-state index is 12.5. The number of hydrogen-bond acceptors (Lipinski definition) is 6. The summed E-state index contributed by atoms with van der Waals surface area (Å²) < 4.78 is 11.1. The van der Waals surface area contributed by atoms with Crippen molar-refractivity contribution in [3.05, 3.63) is 90.0 Å². The van der Waals surface area contributed by atoms with Gasteiger partial charge in [-0.25, -0.2) is 4.79 Å². The van der Waals surface area contributed by atoms with Crippen molar-refractivity contribution in [1.29, 1.82) is 0 Å². The highest BCUT2D eigenvalue weighted by Crippen LogP contribution is 2.17. The van der Waals surface area contributed by atoms with Gasteiger partial charge in [0.15, 0.2) is 0 Å². The average molecular weight is 493 g/mol. The predicted molar refractivity (Wildman–Crippen MR) is 133 cm³/mol. The maximum Gasteiger partial charge on any atom is 0.366 e. The van der Waals surface area contributed by atoms with Crippen LogP contribution in [0.2, 0.25) is 0 Å². The molecule has 3 rings (SSSR count). The van der Waals surface area contributed by atoms with Gasteiger partial charge in [-0.05, 0) is 73.4 Å². The van der Waals surface area contributed by atoms with Gasteiger partial charge in [0.2, 0.25) is 0 Å². The number of unbranched alkanes of at least 4 members (excludes halogenated alkanes) is 1. The van der Waals surface area contributed by atoms with Gasteiger partial charge >= 0.3 is 11.9 Å². The molecule has 3 aromatic rings. The van der Waals surface area contributed by atoms with Crippen LogP contribution < -0.4 is 20.1 Å². The molecule has 9 heteroatoms. The molecule has 0 spiro atoms. The minimum atomic E-state index is -1.61. The van der Waals surface area contributed by atoms with E-state index in [9.17, 15) is 19.5 Å². The van der Waals surface area contributed by atoms with Crippen molar-refractivity contribution in [1.82, 2.24) is 5.32 Å². The number of carbonyl (C=O) groups excluding carboxylic acids is 1. The molecule has 1 amide bonds. The van der Waals surface area contributed by atoms with E-state index in [1.165, 1.54) is 17.7 Å². The first-order valence-corrected chi connectivity index (χ1v) is 11.4. The zero-order chi connectivity index (χ0) is 25.8. The molecule has 0 saturated heterocycles. The first kappa shape index (κ1) is 26.1. The van der Waals surface area contributed by atoms with Gasteiger partial charge < -0.3 is 30.3 Å². The lowest BCUT2D eigenvalue weighted by Gasteiger charge is -2.17. The van der Waals surface area contributed by atoms with E-state index in [1.54, 1.807) is 36.4 Å². The van der Waals surface area contributed by atoms with Crippen molar-refractivity contribution in [3.63, 3.8) is 0 Å². The lowest BCUT2D eigenvalue weighted by molar-refractivity contribution is -0.146. The number of benzene rings is 3. The van der Waals surface area contributed by atoms with Gasteiger partial charge in [0.05, 0.1) is 6.61 Å². The van der Waals surface area contributed by atoms with Gasteiger partial charge in [-0.3, -0.25) is 9.59 Å². The van der Waals surface area contributed by atoms with Crippen molar-refractivity contribution in [2.24, 2.45) is 0 Å². The SMILES string of the molecule is O=C(O)CNc1ccc(OC(NC(=O)c2ccc(OCCCCc3ccccc3)cc2)C(=O)O)cc1. The highest BCUT2D eigenvalue weighted by atomic mass is 16.5. The number of carbonyl (C=O) groups is 3. The summed E-state index contributed by atoms with van der Waals surface area (Å²) in [6.07, 6.45) is 1.27. The van der Waals surface area contributed by atoms with Crippen LogP contribution in [0, 0.1) is 0 Å². The third kappa shape index (κ3) is 8.68. The van der Waals surface area contributed by atoms with Crippen molar-refractivity contribution < 1.29 is 34.1 Å². The first-order chi connectivity index (χ1) is 17.4. The Morgan fingerprint density at radius 3 is 2.11 bits per heavy atom. The standard InChI is InChI=1S/C27H28N2O7/c30-24(31)18-28-21-11-15-23(16-12-21)36-26(27(33)34)29-25(32)20-9-13-22(14-10-20)35-17-5-4-8-19-6-2-1-3-7-19/h1-3,6-7,9-16,26,28H,4-5,8,17-18H2,(H,29,32)(H,30,31)(H,33,34). The normalized spacial score (nSPS) is 11.2.